The van der Waals surface area contributed by atoms with Crippen LogP contribution in [0.2, 0.25) is 0 Å². The van der Waals surface area contributed by atoms with Crippen molar-refractivity contribution in [1.29, 1.82) is 0 Å². The molecule has 1 atom stereocenters. The fourth-order valence-electron chi connectivity index (χ4n) is 2.33. The van der Waals surface area contributed by atoms with Gasteiger partial charge in [0.2, 0.25) is 11.8 Å². The molecule has 2 rings (SSSR count). The zero-order valence-corrected chi connectivity index (χ0v) is 14.1. The van der Waals surface area contributed by atoms with E-state index in [0.29, 0.717) is 18.5 Å². The lowest BCUT2D eigenvalue weighted by atomic mass is 10.1. The average Bonchev–Trinajstić information content (AvgIpc) is 3.03. The molecule has 2 heterocycles. The maximum absolute atomic E-state index is 11.9. The van der Waals surface area contributed by atoms with E-state index in [1.54, 1.807) is 0 Å². The van der Waals surface area contributed by atoms with E-state index < -0.39 is 0 Å². The second-order valence-electron chi connectivity index (χ2n) is 5.50. The molecule has 1 amide bonds. The number of nitrogens with zero attached hydrogens (tertiary/aromatic N) is 1. The first-order valence-corrected chi connectivity index (χ1v) is 8.92. The fraction of sp³-hybridized carbons (Fsp3) is 0.667. The Morgan fingerprint density at radius 3 is 3.04 bits per heavy atom. The van der Waals surface area contributed by atoms with Gasteiger partial charge in [0.1, 0.15) is 0 Å². The number of carbonyl (C=O) groups excluding carboxylic acids is 1. The quantitative estimate of drug-likeness (QED) is 0.485. The third-order valence-corrected chi connectivity index (χ3v) is 4.52. The molecule has 1 aliphatic rings. The predicted octanol–water partition coefficient (Wildman–Crippen LogP) is 1.21. The molecule has 0 aliphatic carbocycles. The molecule has 1 aromatic rings. The lowest BCUT2D eigenvalue weighted by molar-refractivity contribution is -0.119. The molecule has 3 N–H and O–H groups in total. The van der Waals surface area contributed by atoms with Gasteiger partial charge in [0.15, 0.2) is 5.16 Å². The van der Waals surface area contributed by atoms with Crippen LogP contribution in [0.1, 0.15) is 38.2 Å². The Bertz CT molecular complexity index is 585. The first-order chi connectivity index (χ1) is 11.1. The van der Waals surface area contributed by atoms with Gasteiger partial charge >= 0.3 is 0 Å². The van der Waals surface area contributed by atoms with E-state index in [2.05, 4.69) is 15.3 Å². The molecule has 1 aliphatic heterocycles. The van der Waals surface area contributed by atoms with Crippen LogP contribution >= 0.6 is 11.8 Å². The molecule has 1 fully saturated rings. The van der Waals surface area contributed by atoms with Gasteiger partial charge in [-0.1, -0.05) is 25.1 Å². The van der Waals surface area contributed by atoms with Crippen LogP contribution in [0, 0.1) is 0 Å². The molecule has 23 heavy (non-hydrogen) atoms. The van der Waals surface area contributed by atoms with Gasteiger partial charge in [-0.15, -0.1) is 0 Å². The van der Waals surface area contributed by atoms with Crippen LogP contribution in [0.3, 0.4) is 0 Å². The van der Waals surface area contributed by atoms with Crippen molar-refractivity contribution < 1.29 is 14.6 Å². The Labute approximate surface area is 139 Å². The molecule has 8 heteroatoms. The normalized spacial score (nSPS) is 17.3. The number of H-pyrrole nitrogens is 1. The van der Waals surface area contributed by atoms with Crippen LogP contribution < -0.4 is 10.9 Å². The van der Waals surface area contributed by atoms with Crippen LogP contribution in [-0.2, 0) is 16.0 Å². The number of ether oxygens (including phenoxy) is 1. The van der Waals surface area contributed by atoms with E-state index in [-0.39, 0.29) is 34.4 Å². The van der Waals surface area contributed by atoms with Crippen molar-refractivity contribution in [3.63, 3.8) is 0 Å². The average molecular weight is 341 g/mol. The number of aromatic nitrogens is 2. The summed E-state index contributed by atoms with van der Waals surface area (Å²) in [6, 6.07) is 0. The lowest BCUT2D eigenvalue weighted by Gasteiger charge is -2.10. The maximum atomic E-state index is 11.9. The SMILES string of the molecule is CCCCc1c(O)nc(SCC(=O)NC[C@@H]2CCCO2)[nH]c1=O. The molecule has 0 bridgehead atoms. The van der Waals surface area contributed by atoms with Crippen LogP contribution in [0.25, 0.3) is 0 Å². The number of rotatable bonds is 8. The molecule has 1 aromatic heterocycles. The number of aromatic amines is 1. The minimum Gasteiger partial charge on any atom is -0.493 e. The van der Waals surface area contributed by atoms with Gasteiger partial charge < -0.3 is 20.1 Å². The van der Waals surface area contributed by atoms with Crippen LogP contribution in [-0.4, -0.2) is 46.0 Å². The highest BCUT2D eigenvalue weighted by molar-refractivity contribution is 7.99. The highest BCUT2D eigenvalue weighted by Gasteiger charge is 2.16. The highest BCUT2D eigenvalue weighted by atomic mass is 32.2. The standard InChI is InChI=1S/C15H23N3O4S/c1-2-3-6-11-13(20)17-15(18-14(11)21)23-9-12(19)16-8-10-5-4-7-22-10/h10H,2-9H2,1H3,(H,16,19)(H2,17,18,20,21)/t10-/m0/s1. The fourth-order valence-corrected chi connectivity index (χ4v) is 3.02. The van der Waals surface area contributed by atoms with Gasteiger partial charge in [-0.25, -0.2) is 0 Å². The number of hydrogen-bond acceptors (Lipinski definition) is 6. The molecule has 7 nitrogen and oxygen atoms in total. The molecular weight excluding hydrogens is 318 g/mol. The summed E-state index contributed by atoms with van der Waals surface area (Å²) < 4.78 is 5.43. The number of hydrogen-bond donors (Lipinski definition) is 3. The second-order valence-corrected chi connectivity index (χ2v) is 6.47. The first-order valence-electron chi connectivity index (χ1n) is 7.93. The Hall–Kier alpha value is -1.54. The number of aromatic hydroxyl groups is 1. The van der Waals surface area contributed by atoms with Gasteiger partial charge in [-0.05, 0) is 25.7 Å². The van der Waals surface area contributed by atoms with Crippen molar-refractivity contribution in [3.05, 3.63) is 15.9 Å². The Balaban J connectivity index is 1.82. The van der Waals surface area contributed by atoms with E-state index in [1.165, 1.54) is 0 Å². The second kappa shape index (κ2) is 8.93. The third kappa shape index (κ3) is 5.54. The summed E-state index contributed by atoms with van der Waals surface area (Å²) in [7, 11) is 0. The summed E-state index contributed by atoms with van der Waals surface area (Å²) in [5, 5.41) is 12.9. The summed E-state index contributed by atoms with van der Waals surface area (Å²) in [6.45, 7) is 3.27. The van der Waals surface area contributed by atoms with Crippen molar-refractivity contribution in [2.24, 2.45) is 0 Å². The molecular formula is C15H23N3O4S. The van der Waals surface area contributed by atoms with Crippen molar-refractivity contribution in [3.8, 4) is 5.88 Å². The van der Waals surface area contributed by atoms with Crippen molar-refractivity contribution in [2.45, 2.75) is 50.3 Å². The van der Waals surface area contributed by atoms with Crippen molar-refractivity contribution in [1.82, 2.24) is 15.3 Å². The van der Waals surface area contributed by atoms with E-state index >= 15 is 0 Å². The molecule has 0 radical (unpaired) electrons. The number of amides is 1. The number of unbranched alkanes of at least 4 members (excludes halogenated alkanes) is 1. The predicted molar refractivity (Wildman–Crippen MR) is 87.8 cm³/mol. The summed E-state index contributed by atoms with van der Waals surface area (Å²) in [4.78, 5) is 30.3. The highest BCUT2D eigenvalue weighted by Crippen LogP contribution is 2.17. The van der Waals surface area contributed by atoms with Gasteiger partial charge in [0, 0.05) is 13.2 Å². The van der Waals surface area contributed by atoms with Gasteiger partial charge in [-0.3, -0.25) is 9.59 Å². The van der Waals surface area contributed by atoms with E-state index in [4.69, 9.17) is 4.74 Å². The van der Waals surface area contributed by atoms with Crippen LogP contribution in [0.4, 0.5) is 0 Å². The van der Waals surface area contributed by atoms with Gasteiger partial charge in [0.05, 0.1) is 17.4 Å². The maximum Gasteiger partial charge on any atom is 0.258 e. The van der Waals surface area contributed by atoms with E-state index in [1.807, 2.05) is 6.92 Å². The lowest BCUT2D eigenvalue weighted by Crippen LogP contribution is -2.33. The molecule has 128 valence electrons. The Morgan fingerprint density at radius 1 is 1.57 bits per heavy atom. The minimum atomic E-state index is -0.340. The Morgan fingerprint density at radius 2 is 2.39 bits per heavy atom. The number of carbonyl (C=O) groups is 1. The zero-order chi connectivity index (χ0) is 16.7. The molecule has 0 aromatic carbocycles. The summed E-state index contributed by atoms with van der Waals surface area (Å²) >= 11 is 1.09. The first kappa shape index (κ1) is 17.8. The van der Waals surface area contributed by atoms with E-state index in [0.717, 1.165) is 44.1 Å². The van der Waals surface area contributed by atoms with Crippen LogP contribution in [0.5, 0.6) is 5.88 Å². The molecule has 1 saturated heterocycles. The summed E-state index contributed by atoms with van der Waals surface area (Å²) in [6.07, 6.45) is 4.34. The molecule has 0 unspecified atom stereocenters. The number of thioether (sulfide) groups is 1. The minimum absolute atomic E-state index is 0.101. The largest absolute Gasteiger partial charge is 0.493 e. The van der Waals surface area contributed by atoms with Crippen molar-refractivity contribution in [2.75, 3.05) is 18.9 Å². The van der Waals surface area contributed by atoms with Crippen LogP contribution in [0.15, 0.2) is 9.95 Å². The van der Waals surface area contributed by atoms with Gasteiger partial charge in [0.25, 0.3) is 5.56 Å². The smallest absolute Gasteiger partial charge is 0.258 e. The van der Waals surface area contributed by atoms with Crippen molar-refractivity contribution >= 4 is 17.7 Å². The van der Waals surface area contributed by atoms with Gasteiger partial charge in [-0.2, -0.15) is 4.98 Å². The molecule has 0 spiro atoms. The zero-order valence-electron chi connectivity index (χ0n) is 13.3. The van der Waals surface area contributed by atoms with E-state index in [9.17, 15) is 14.7 Å². The number of nitrogens with one attached hydrogen (secondary N) is 2. The monoisotopic (exact) mass is 341 g/mol. The molecule has 0 saturated carbocycles. The topological polar surface area (TPSA) is 104 Å². The third-order valence-electron chi connectivity index (χ3n) is 3.64. The summed E-state index contributed by atoms with van der Waals surface area (Å²) in [5.41, 5.74) is -0.0350. The Kier molecular flexibility index (Phi) is 6.91. The summed E-state index contributed by atoms with van der Waals surface area (Å²) in [5.74, 6) is -0.268.